The largest absolute Gasteiger partial charge is 0.768 e. The Morgan fingerprint density at radius 1 is 1.32 bits per heavy atom. The summed E-state index contributed by atoms with van der Waals surface area (Å²) in [6.07, 6.45) is 0. The zero-order chi connectivity index (χ0) is 13.8. The summed E-state index contributed by atoms with van der Waals surface area (Å²) in [4.78, 5) is 4.29. The van der Waals surface area contributed by atoms with Gasteiger partial charge >= 0.3 is 0 Å². The summed E-state index contributed by atoms with van der Waals surface area (Å²) in [5.74, 6) is 0.597. The summed E-state index contributed by atoms with van der Waals surface area (Å²) < 4.78 is 27.0. The number of halogens is 1. The van der Waals surface area contributed by atoms with E-state index in [1.165, 1.54) is 12.1 Å². The van der Waals surface area contributed by atoms with Gasteiger partial charge in [-0.1, -0.05) is 11.6 Å². The highest BCUT2D eigenvalue weighted by atomic mass is 35.5. The molecule has 0 spiro atoms. The molecule has 0 fully saturated rings. The maximum atomic E-state index is 10.7. The minimum atomic E-state index is -2.21. The van der Waals surface area contributed by atoms with Gasteiger partial charge in [-0.3, -0.25) is 4.21 Å². The van der Waals surface area contributed by atoms with Crippen molar-refractivity contribution in [2.24, 2.45) is 0 Å². The lowest BCUT2D eigenvalue weighted by Gasteiger charge is -2.09. The lowest BCUT2D eigenvalue weighted by atomic mass is 10.2. The Kier molecular flexibility index (Phi) is 4.52. The van der Waals surface area contributed by atoms with E-state index in [-0.39, 0.29) is 4.90 Å². The molecule has 0 bridgehead atoms. The molecule has 0 amide bonds. The first-order valence-electron chi connectivity index (χ1n) is 5.50. The summed E-state index contributed by atoms with van der Waals surface area (Å²) in [6, 6.07) is 9.82. The van der Waals surface area contributed by atoms with E-state index in [4.69, 9.17) is 16.3 Å². The number of aromatic nitrogens is 1. The Bertz CT molecular complexity index is 581. The molecule has 19 heavy (non-hydrogen) atoms. The average Bonchev–Trinajstić information content (AvgIpc) is 2.36. The highest BCUT2D eigenvalue weighted by molar-refractivity contribution is 7.79. The van der Waals surface area contributed by atoms with Gasteiger partial charge in [0.25, 0.3) is 0 Å². The predicted octanol–water partition coefficient (Wildman–Crippen LogP) is 2.86. The smallest absolute Gasteiger partial charge is 0.129 e. The van der Waals surface area contributed by atoms with Gasteiger partial charge in [0, 0.05) is 10.6 Å². The van der Waals surface area contributed by atoms with Gasteiger partial charge in [0.2, 0.25) is 0 Å². The number of pyridine rings is 1. The van der Waals surface area contributed by atoms with Crippen molar-refractivity contribution < 1.29 is 13.5 Å². The lowest BCUT2D eigenvalue weighted by Crippen LogP contribution is -1.97. The Balaban J connectivity index is 2.03. The fourth-order valence-corrected chi connectivity index (χ4v) is 2.22. The minimum absolute atomic E-state index is 0.232. The Labute approximate surface area is 118 Å². The van der Waals surface area contributed by atoms with E-state index in [9.17, 15) is 8.76 Å². The second-order valence-electron chi connectivity index (χ2n) is 3.93. The zero-order valence-electron chi connectivity index (χ0n) is 10.1. The second kappa shape index (κ2) is 6.14. The zero-order valence-corrected chi connectivity index (χ0v) is 11.7. The monoisotopic (exact) mass is 296 g/mol. The SMILES string of the molecule is Cc1cc(COc2ccc(S(=O)[O-])cc2)cc(Cl)n1. The molecular weight excluding hydrogens is 286 g/mol. The minimum Gasteiger partial charge on any atom is -0.768 e. The molecule has 1 unspecified atom stereocenters. The Morgan fingerprint density at radius 3 is 2.58 bits per heavy atom. The van der Waals surface area contributed by atoms with Gasteiger partial charge < -0.3 is 9.29 Å². The standard InChI is InChI=1S/C13H12ClNO3S/c1-9-6-10(7-13(14)15-9)8-18-11-2-4-12(5-3-11)19(16)17/h2-7H,8H2,1H3,(H,16,17)/p-1. The highest BCUT2D eigenvalue weighted by Crippen LogP contribution is 2.17. The van der Waals surface area contributed by atoms with Crippen molar-refractivity contribution in [3.8, 4) is 5.75 Å². The van der Waals surface area contributed by atoms with E-state index in [0.29, 0.717) is 17.5 Å². The summed E-state index contributed by atoms with van der Waals surface area (Å²) >= 11 is 3.64. The number of aryl methyl sites for hydroxylation is 1. The van der Waals surface area contributed by atoms with Crippen molar-refractivity contribution in [2.45, 2.75) is 18.4 Å². The van der Waals surface area contributed by atoms with Crippen molar-refractivity contribution in [1.82, 2.24) is 4.98 Å². The topological polar surface area (TPSA) is 62.2 Å². The molecule has 2 rings (SSSR count). The normalized spacial score (nSPS) is 12.2. The average molecular weight is 297 g/mol. The number of hydrogen-bond acceptors (Lipinski definition) is 4. The predicted molar refractivity (Wildman–Crippen MR) is 71.9 cm³/mol. The van der Waals surface area contributed by atoms with E-state index in [1.54, 1.807) is 18.2 Å². The Morgan fingerprint density at radius 2 is 2.00 bits per heavy atom. The van der Waals surface area contributed by atoms with E-state index in [2.05, 4.69) is 4.98 Å². The molecule has 4 nitrogen and oxygen atoms in total. The van der Waals surface area contributed by atoms with Crippen LogP contribution >= 0.6 is 11.6 Å². The number of benzene rings is 1. The van der Waals surface area contributed by atoms with Gasteiger partial charge in [0.1, 0.15) is 17.5 Å². The van der Waals surface area contributed by atoms with E-state index in [1.807, 2.05) is 13.0 Å². The van der Waals surface area contributed by atoms with Crippen molar-refractivity contribution in [2.75, 3.05) is 0 Å². The van der Waals surface area contributed by atoms with E-state index >= 15 is 0 Å². The van der Waals surface area contributed by atoms with Crippen molar-refractivity contribution in [3.05, 3.63) is 52.8 Å². The molecule has 1 aromatic carbocycles. The first-order valence-corrected chi connectivity index (χ1v) is 6.95. The molecule has 2 aromatic rings. The fraction of sp³-hybridized carbons (Fsp3) is 0.154. The van der Waals surface area contributed by atoms with E-state index < -0.39 is 11.1 Å². The van der Waals surface area contributed by atoms with Crippen LogP contribution in [0.5, 0.6) is 5.75 Å². The molecule has 1 aromatic heterocycles. The fourth-order valence-electron chi connectivity index (χ4n) is 1.59. The molecule has 0 saturated carbocycles. The summed E-state index contributed by atoms with van der Waals surface area (Å²) in [6.45, 7) is 2.20. The van der Waals surface area contributed by atoms with Crippen LogP contribution in [0.1, 0.15) is 11.3 Å². The number of ether oxygens (including phenoxy) is 1. The molecular formula is C13H11ClNO3S-. The molecule has 1 heterocycles. The molecule has 0 aliphatic heterocycles. The van der Waals surface area contributed by atoms with Crippen molar-refractivity contribution in [1.29, 1.82) is 0 Å². The third kappa shape index (κ3) is 4.02. The van der Waals surface area contributed by atoms with Crippen LogP contribution < -0.4 is 4.74 Å². The number of nitrogens with zero attached hydrogens (tertiary/aromatic N) is 1. The maximum absolute atomic E-state index is 10.7. The summed E-state index contributed by atoms with van der Waals surface area (Å²) in [5, 5.41) is 0.427. The third-order valence-corrected chi connectivity index (χ3v) is 3.25. The van der Waals surface area contributed by atoms with E-state index in [0.717, 1.165) is 11.3 Å². The van der Waals surface area contributed by atoms with Crippen LogP contribution in [0.25, 0.3) is 0 Å². The number of rotatable bonds is 4. The molecule has 0 aliphatic carbocycles. The van der Waals surface area contributed by atoms with Crippen molar-refractivity contribution in [3.63, 3.8) is 0 Å². The van der Waals surface area contributed by atoms with Gasteiger partial charge in [-0.05, 0) is 60.0 Å². The number of hydrogen-bond donors (Lipinski definition) is 0. The summed E-state index contributed by atoms with van der Waals surface area (Å²) in [5.41, 5.74) is 1.73. The van der Waals surface area contributed by atoms with Gasteiger partial charge in [-0.2, -0.15) is 0 Å². The van der Waals surface area contributed by atoms with Crippen LogP contribution in [0.3, 0.4) is 0 Å². The molecule has 1 atom stereocenters. The molecule has 0 saturated heterocycles. The Hall–Kier alpha value is -1.43. The van der Waals surface area contributed by atoms with Gasteiger partial charge in [0.05, 0.1) is 0 Å². The molecule has 0 aliphatic rings. The van der Waals surface area contributed by atoms with Crippen LogP contribution in [0, 0.1) is 6.92 Å². The first kappa shape index (κ1) is 14.0. The molecule has 6 heteroatoms. The van der Waals surface area contributed by atoms with Crippen LogP contribution in [0.2, 0.25) is 5.15 Å². The highest BCUT2D eigenvalue weighted by Gasteiger charge is 2.00. The molecule has 100 valence electrons. The van der Waals surface area contributed by atoms with Gasteiger partial charge in [-0.25, -0.2) is 4.98 Å². The van der Waals surface area contributed by atoms with Crippen LogP contribution in [-0.4, -0.2) is 13.7 Å². The van der Waals surface area contributed by atoms with Crippen LogP contribution in [0.15, 0.2) is 41.3 Å². The maximum Gasteiger partial charge on any atom is 0.129 e. The quantitative estimate of drug-likeness (QED) is 0.643. The van der Waals surface area contributed by atoms with Gasteiger partial charge in [-0.15, -0.1) is 0 Å². The first-order chi connectivity index (χ1) is 9.04. The van der Waals surface area contributed by atoms with Crippen LogP contribution in [0.4, 0.5) is 0 Å². The lowest BCUT2D eigenvalue weighted by molar-refractivity contribution is 0.306. The molecule has 0 N–H and O–H groups in total. The third-order valence-electron chi connectivity index (χ3n) is 2.40. The summed E-state index contributed by atoms with van der Waals surface area (Å²) in [7, 11) is 0. The van der Waals surface area contributed by atoms with Crippen LogP contribution in [-0.2, 0) is 17.7 Å². The molecule has 0 radical (unpaired) electrons. The van der Waals surface area contributed by atoms with Gasteiger partial charge in [0.15, 0.2) is 0 Å². The van der Waals surface area contributed by atoms with Crippen molar-refractivity contribution >= 4 is 22.7 Å². The second-order valence-corrected chi connectivity index (χ2v) is 5.26.